The molecule has 0 spiro atoms. The maximum atomic E-state index is 7.00. The van der Waals surface area contributed by atoms with Gasteiger partial charge in [-0.25, -0.2) is 0 Å². The SMILES string of the molecule is C=c1cco/c1=C(/C=C(C)C)B1OC(C)(C)C(C)(C)O1.CO. The molecule has 2 rings (SSSR count). The zero-order valence-electron chi connectivity index (χ0n) is 14.7. The molecule has 5 heteroatoms. The van der Waals surface area contributed by atoms with Gasteiger partial charge in [-0.05, 0) is 47.6 Å². The van der Waals surface area contributed by atoms with E-state index in [9.17, 15) is 0 Å². The Labute approximate surface area is 133 Å². The smallest absolute Gasteiger partial charge is 0.465 e. The summed E-state index contributed by atoms with van der Waals surface area (Å²) in [4.78, 5) is 0. The molecule has 0 unspecified atom stereocenters. The molecule has 1 fully saturated rings. The minimum absolute atomic E-state index is 0.369. The molecule has 0 amide bonds. The minimum atomic E-state index is -0.443. The van der Waals surface area contributed by atoms with Crippen molar-refractivity contribution in [1.82, 2.24) is 0 Å². The molecule has 1 aliphatic rings. The zero-order valence-corrected chi connectivity index (χ0v) is 14.7. The van der Waals surface area contributed by atoms with Crippen molar-refractivity contribution in [2.75, 3.05) is 7.11 Å². The van der Waals surface area contributed by atoms with E-state index in [1.54, 1.807) is 6.26 Å². The molecule has 122 valence electrons. The van der Waals surface area contributed by atoms with Crippen LogP contribution < -0.4 is 10.6 Å². The van der Waals surface area contributed by atoms with Crippen molar-refractivity contribution in [3.63, 3.8) is 0 Å². The number of aliphatic hydroxyl groups excluding tert-OH is 1. The van der Waals surface area contributed by atoms with Crippen molar-refractivity contribution in [2.45, 2.75) is 52.7 Å². The van der Waals surface area contributed by atoms with Crippen molar-refractivity contribution in [3.05, 3.63) is 34.6 Å². The van der Waals surface area contributed by atoms with Gasteiger partial charge in [0.05, 0.1) is 17.5 Å². The van der Waals surface area contributed by atoms with E-state index in [1.165, 1.54) is 0 Å². The van der Waals surface area contributed by atoms with Crippen LogP contribution in [-0.2, 0) is 9.31 Å². The van der Waals surface area contributed by atoms with Gasteiger partial charge in [0.2, 0.25) is 0 Å². The zero-order chi connectivity index (χ0) is 17.1. The van der Waals surface area contributed by atoms with E-state index < -0.39 is 7.12 Å². The van der Waals surface area contributed by atoms with Crippen LogP contribution in [-0.4, -0.2) is 30.5 Å². The molecule has 2 heterocycles. The third kappa shape index (κ3) is 3.72. The average Bonchev–Trinajstić information content (AvgIpc) is 2.91. The quantitative estimate of drug-likeness (QED) is 0.850. The third-order valence-corrected chi connectivity index (χ3v) is 3.96. The first kappa shape index (κ1) is 18.8. The molecule has 22 heavy (non-hydrogen) atoms. The predicted molar refractivity (Wildman–Crippen MR) is 90.5 cm³/mol. The summed E-state index contributed by atoms with van der Waals surface area (Å²) < 4.78 is 17.8. The molecule has 1 saturated heterocycles. The Balaban J connectivity index is 0.00000116. The summed E-state index contributed by atoms with van der Waals surface area (Å²) in [5.41, 5.74) is 2.03. The second-order valence-corrected chi connectivity index (χ2v) is 6.54. The van der Waals surface area contributed by atoms with Gasteiger partial charge in [-0.3, -0.25) is 0 Å². The van der Waals surface area contributed by atoms with Crippen LogP contribution in [0, 0.1) is 0 Å². The highest BCUT2D eigenvalue weighted by Gasteiger charge is 2.52. The maximum Gasteiger partial charge on any atom is 0.498 e. The average molecular weight is 306 g/mol. The molecular formula is C17H27BO4. The summed E-state index contributed by atoms with van der Waals surface area (Å²) in [6.45, 7) is 16.2. The maximum absolute atomic E-state index is 7.00. The summed E-state index contributed by atoms with van der Waals surface area (Å²) in [5.74, 6) is 0. The number of hydrogen-bond donors (Lipinski definition) is 1. The van der Waals surface area contributed by atoms with Gasteiger partial charge in [-0.1, -0.05) is 18.2 Å². The molecule has 0 bridgehead atoms. The summed E-state index contributed by atoms with van der Waals surface area (Å²) in [6.07, 6.45) is 3.68. The Kier molecular flexibility index (Phi) is 5.85. The lowest BCUT2D eigenvalue weighted by Crippen LogP contribution is -2.41. The fourth-order valence-electron chi connectivity index (χ4n) is 2.11. The second kappa shape index (κ2) is 6.86. The molecule has 0 aliphatic carbocycles. The van der Waals surface area contributed by atoms with Gasteiger partial charge in [0.1, 0.15) is 5.42 Å². The van der Waals surface area contributed by atoms with Crippen LogP contribution in [0.15, 0.2) is 28.4 Å². The van der Waals surface area contributed by atoms with E-state index in [1.807, 2.05) is 53.7 Å². The van der Waals surface area contributed by atoms with Crippen molar-refractivity contribution < 1.29 is 18.8 Å². The van der Waals surface area contributed by atoms with E-state index in [2.05, 4.69) is 6.58 Å². The molecule has 1 N–H and O–H groups in total. The van der Waals surface area contributed by atoms with Gasteiger partial charge >= 0.3 is 7.12 Å². The number of hydrogen-bond acceptors (Lipinski definition) is 4. The van der Waals surface area contributed by atoms with Crippen LogP contribution in [0.3, 0.4) is 0 Å². The Bertz CT molecular complexity index is 620. The van der Waals surface area contributed by atoms with E-state index in [0.717, 1.165) is 28.8 Å². The van der Waals surface area contributed by atoms with Gasteiger partial charge in [0.25, 0.3) is 0 Å². The fourth-order valence-corrected chi connectivity index (χ4v) is 2.11. The molecule has 0 radical (unpaired) electrons. The Morgan fingerprint density at radius 1 is 1.14 bits per heavy atom. The highest BCUT2D eigenvalue weighted by molar-refractivity contribution is 6.68. The molecule has 1 aliphatic heterocycles. The second-order valence-electron chi connectivity index (χ2n) is 6.54. The van der Waals surface area contributed by atoms with Crippen LogP contribution in [0.4, 0.5) is 0 Å². The monoisotopic (exact) mass is 306 g/mol. The highest BCUT2D eigenvalue weighted by Crippen LogP contribution is 2.38. The highest BCUT2D eigenvalue weighted by atomic mass is 16.7. The standard InChI is InChI=1S/C16H23BO3.CH4O/c1-11(2)10-13(14-12(3)8-9-18-14)17-19-15(4,5)16(6,7)20-17;1-2/h8-10H,3H2,1-2,4-7H3;2H,1H3/b14-13-;. The first-order valence-electron chi connectivity index (χ1n) is 7.36. The number of allylic oxidation sites excluding steroid dienone is 2. The first-order chi connectivity index (χ1) is 10.1. The van der Waals surface area contributed by atoms with E-state index >= 15 is 0 Å². The van der Waals surface area contributed by atoms with E-state index in [-0.39, 0.29) is 11.2 Å². The molecule has 4 nitrogen and oxygen atoms in total. The number of furan rings is 1. The molecule has 0 aromatic carbocycles. The normalized spacial score (nSPS) is 20.1. The van der Waals surface area contributed by atoms with Crippen molar-refractivity contribution >= 4 is 19.2 Å². The lowest BCUT2D eigenvalue weighted by atomic mass is 9.77. The van der Waals surface area contributed by atoms with Crippen LogP contribution in [0.5, 0.6) is 0 Å². The minimum Gasteiger partial charge on any atom is -0.465 e. The fraction of sp³-hybridized carbons (Fsp3) is 0.529. The number of aliphatic hydroxyl groups is 1. The molecule has 0 saturated carbocycles. The van der Waals surface area contributed by atoms with Crippen LogP contribution in [0.1, 0.15) is 41.5 Å². The van der Waals surface area contributed by atoms with Crippen LogP contribution in [0.25, 0.3) is 12.1 Å². The third-order valence-electron chi connectivity index (χ3n) is 3.96. The summed E-state index contributed by atoms with van der Waals surface area (Å²) in [7, 11) is 0.557. The first-order valence-corrected chi connectivity index (χ1v) is 7.36. The Morgan fingerprint density at radius 3 is 2.00 bits per heavy atom. The van der Waals surface area contributed by atoms with Gasteiger partial charge in [-0.2, -0.15) is 0 Å². The molecular weight excluding hydrogens is 279 g/mol. The Hall–Kier alpha value is -1.30. The van der Waals surface area contributed by atoms with Crippen molar-refractivity contribution in [2.24, 2.45) is 0 Å². The van der Waals surface area contributed by atoms with E-state index in [4.69, 9.17) is 18.8 Å². The largest absolute Gasteiger partial charge is 0.498 e. The van der Waals surface area contributed by atoms with E-state index in [0.29, 0.717) is 0 Å². The van der Waals surface area contributed by atoms with Crippen LogP contribution >= 0.6 is 0 Å². The number of rotatable bonds is 2. The van der Waals surface area contributed by atoms with Gasteiger partial charge < -0.3 is 18.8 Å². The Morgan fingerprint density at radius 2 is 1.64 bits per heavy atom. The lowest BCUT2D eigenvalue weighted by molar-refractivity contribution is 0.00578. The topological polar surface area (TPSA) is 51.8 Å². The van der Waals surface area contributed by atoms with Crippen molar-refractivity contribution in [3.8, 4) is 0 Å². The summed E-state index contributed by atoms with van der Waals surface area (Å²) in [5, 5.41) is 7.84. The lowest BCUT2D eigenvalue weighted by Gasteiger charge is -2.32. The van der Waals surface area contributed by atoms with Crippen LogP contribution in [0.2, 0.25) is 0 Å². The molecule has 1 aromatic rings. The predicted octanol–water partition coefficient (Wildman–Crippen LogP) is 2.05. The molecule has 1 aromatic heterocycles. The summed E-state index contributed by atoms with van der Waals surface area (Å²) >= 11 is 0. The van der Waals surface area contributed by atoms with Gasteiger partial charge in [-0.15, -0.1) is 0 Å². The molecule has 0 atom stereocenters. The van der Waals surface area contributed by atoms with Crippen molar-refractivity contribution in [1.29, 1.82) is 0 Å². The van der Waals surface area contributed by atoms with Gasteiger partial charge in [0.15, 0.2) is 0 Å². The van der Waals surface area contributed by atoms with Gasteiger partial charge in [0, 0.05) is 17.8 Å². The summed E-state index contributed by atoms with van der Waals surface area (Å²) in [6, 6.07) is 1.85.